The maximum Gasteiger partial charge on any atom is 0.273 e. The van der Waals surface area contributed by atoms with Crippen LogP contribution in [-0.4, -0.2) is 49.5 Å². The highest BCUT2D eigenvalue weighted by atomic mass is 32.2. The number of anilines is 1. The fraction of sp³-hybridized carbons (Fsp3) is 0.238. The van der Waals surface area contributed by atoms with Crippen LogP contribution in [0.15, 0.2) is 53.4 Å². The van der Waals surface area contributed by atoms with E-state index in [4.69, 9.17) is 4.74 Å². The molecule has 1 aromatic heterocycles. The van der Waals surface area contributed by atoms with Gasteiger partial charge >= 0.3 is 0 Å². The Kier molecular flexibility index (Phi) is 6.23. The molecule has 3 aromatic rings. The van der Waals surface area contributed by atoms with Gasteiger partial charge in [-0.25, -0.2) is 12.7 Å². The largest absolute Gasteiger partial charge is 0.492 e. The van der Waals surface area contributed by atoms with Crippen molar-refractivity contribution in [3.05, 3.63) is 59.8 Å². The van der Waals surface area contributed by atoms with E-state index < -0.39 is 15.9 Å². The van der Waals surface area contributed by atoms with Crippen molar-refractivity contribution in [2.75, 3.05) is 26.0 Å². The quantitative estimate of drug-likeness (QED) is 0.601. The summed E-state index contributed by atoms with van der Waals surface area (Å²) in [5.74, 6) is -0.203. The normalized spacial score (nSPS) is 11.5. The molecule has 3 rings (SSSR count). The van der Waals surface area contributed by atoms with Crippen molar-refractivity contribution in [3.63, 3.8) is 0 Å². The minimum atomic E-state index is -3.75. The number of carbonyl (C=O) groups excluding carboxylic acids is 1. The lowest BCUT2D eigenvalue weighted by Crippen LogP contribution is -2.23. The van der Waals surface area contributed by atoms with E-state index in [1.165, 1.54) is 26.2 Å². The SMILES string of the molecule is CCOc1ccc(NC(=O)c2cc(-c3ccc(C)cc3)n[nH]2)cc1S(=O)(=O)N(C)C. The Hall–Kier alpha value is -3.17. The summed E-state index contributed by atoms with van der Waals surface area (Å²) in [5.41, 5.74) is 3.25. The van der Waals surface area contributed by atoms with E-state index in [1.807, 2.05) is 31.2 Å². The average Bonchev–Trinajstić information content (AvgIpc) is 3.20. The predicted octanol–water partition coefficient (Wildman–Crippen LogP) is 3.29. The number of sulfonamides is 1. The minimum absolute atomic E-state index is 0.0166. The summed E-state index contributed by atoms with van der Waals surface area (Å²) in [6, 6.07) is 13.9. The first-order valence-corrected chi connectivity index (χ1v) is 10.8. The van der Waals surface area contributed by atoms with Gasteiger partial charge in [0, 0.05) is 25.3 Å². The van der Waals surface area contributed by atoms with Gasteiger partial charge in [-0.2, -0.15) is 5.10 Å². The number of nitrogens with zero attached hydrogens (tertiary/aromatic N) is 2. The third-order valence-electron chi connectivity index (χ3n) is 4.43. The van der Waals surface area contributed by atoms with Crippen LogP contribution in [0.5, 0.6) is 5.75 Å². The Morgan fingerprint density at radius 3 is 2.47 bits per heavy atom. The van der Waals surface area contributed by atoms with Crippen molar-refractivity contribution >= 4 is 21.6 Å². The molecule has 2 N–H and O–H groups in total. The zero-order valence-corrected chi connectivity index (χ0v) is 18.1. The van der Waals surface area contributed by atoms with Gasteiger partial charge in [-0.05, 0) is 38.1 Å². The maximum atomic E-state index is 12.6. The van der Waals surface area contributed by atoms with Gasteiger partial charge in [-0.15, -0.1) is 0 Å². The number of ether oxygens (including phenoxy) is 1. The van der Waals surface area contributed by atoms with Crippen LogP contribution in [0.4, 0.5) is 5.69 Å². The third kappa shape index (κ3) is 4.52. The van der Waals surface area contributed by atoms with Crippen LogP contribution in [0.1, 0.15) is 23.0 Å². The van der Waals surface area contributed by atoms with Crippen LogP contribution in [0.25, 0.3) is 11.3 Å². The first-order chi connectivity index (χ1) is 14.2. The van der Waals surface area contributed by atoms with Crippen LogP contribution in [0, 0.1) is 6.92 Å². The zero-order valence-electron chi connectivity index (χ0n) is 17.3. The molecule has 0 aliphatic carbocycles. The van der Waals surface area contributed by atoms with E-state index in [0.717, 1.165) is 15.4 Å². The molecule has 9 heteroatoms. The number of nitrogens with one attached hydrogen (secondary N) is 2. The highest BCUT2D eigenvalue weighted by Crippen LogP contribution is 2.29. The van der Waals surface area contributed by atoms with Crippen LogP contribution in [0.3, 0.4) is 0 Å². The molecule has 0 atom stereocenters. The molecule has 30 heavy (non-hydrogen) atoms. The second kappa shape index (κ2) is 8.68. The molecule has 1 amide bonds. The lowest BCUT2D eigenvalue weighted by atomic mass is 10.1. The molecule has 0 unspecified atom stereocenters. The maximum absolute atomic E-state index is 12.6. The number of hydrogen-bond donors (Lipinski definition) is 2. The summed E-state index contributed by atoms with van der Waals surface area (Å²) in [7, 11) is -0.875. The molecular formula is C21H24N4O4S. The van der Waals surface area contributed by atoms with Gasteiger partial charge in [0.1, 0.15) is 16.3 Å². The third-order valence-corrected chi connectivity index (χ3v) is 6.27. The van der Waals surface area contributed by atoms with Crippen molar-refractivity contribution < 1.29 is 17.9 Å². The van der Waals surface area contributed by atoms with Gasteiger partial charge in [0.05, 0.1) is 12.3 Å². The highest BCUT2D eigenvalue weighted by molar-refractivity contribution is 7.89. The number of aryl methyl sites for hydroxylation is 1. The number of aromatic nitrogens is 2. The number of rotatable bonds is 7. The number of H-pyrrole nitrogens is 1. The van der Waals surface area contributed by atoms with E-state index in [9.17, 15) is 13.2 Å². The van der Waals surface area contributed by atoms with Crippen molar-refractivity contribution in [2.45, 2.75) is 18.7 Å². The molecule has 0 aliphatic heterocycles. The van der Waals surface area contributed by atoms with Gasteiger partial charge in [0.25, 0.3) is 5.91 Å². The second-order valence-electron chi connectivity index (χ2n) is 6.87. The molecule has 1 heterocycles. The monoisotopic (exact) mass is 428 g/mol. The summed E-state index contributed by atoms with van der Waals surface area (Å²) in [4.78, 5) is 12.6. The number of hydrogen-bond acceptors (Lipinski definition) is 5. The summed E-state index contributed by atoms with van der Waals surface area (Å²) in [6.07, 6.45) is 0. The minimum Gasteiger partial charge on any atom is -0.492 e. The Morgan fingerprint density at radius 1 is 1.13 bits per heavy atom. The molecule has 158 valence electrons. The molecular weight excluding hydrogens is 404 g/mol. The Balaban J connectivity index is 1.86. The Labute approximate surface area is 175 Å². The summed E-state index contributed by atoms with van der Waals surface area (Å²) >= 11 is 0. The molecule has 0 saturated carbocycles. The van der Waals surface area contributed by atoms with Crippen molar-refractivity contribution in [2.24, 2.45) is 0 Å². The fourth-order valence-electron chi connectivity index (χ4n) is 2.77. The fourth-order valence-corrected chi connectivity index (χ4v) is 3.82. The van der Waals surface area contributed by atoms with Gasteiger partial charge in [-0.3, -0.25) is 9.89 Å². The van der Waals surface area contributed by atoms with E-state index in [2.05, 4.69) is 15.5 Å². The van der Waals surface area contributed by atoms with E-state index in [0.29, 0.717) is 18.0 Å². The summed E-state index contributed by atoms with van der Waals surface area (Å²) < 4.78 is 31.8. The molecule has 8 nitrogen and oxygen atoms in total. The molecule has 0 spiro atoms. The zero-order chi connectivity index (χ0) is 21.9. The van der Waals surface area contributed by atoms with Crippen LogP contribution in [0.2, 0.25) is 0 Å². The van der Waals surface area contributed by atoms with E-state index >= 15 is 0 Å². The molecule has 0 aliphatic rings. The first kappa shape index (κ1) is 21.5. The Morgan fingerprint density at radius 2 is 1.83 bits per heavy atom. The molecule has 2 aromatic carbocycles. The second-order valence-corrected chi connectivity index (χ2v) is 8.99. The van der Waals surface area contributed by atoms with Crippen molar-refractivity contribution in [1.29, 1.82) is 0 Å². The van der Waals surface area contributed by atoms with Crippen LogP contribution >= 0.6 is 0 Å². The standard InChI is InChI=1S/C21H24N4O4S/c1-5-29-19-11-10-16(12-20(19)30(27,28)25(3)4)22-21(26)18-13-17(23-24-18)15-8-6-14(2)7-9-15/h6-13H,5H2,1-4H3,(H,22,26)(H,23,24). The lowest BCUT2D eigenvalue weighted by Gasteiger charge is -2.16. The molecule has 0 bridgehead atoms. The van der Waals surface area contributed by atoms with Crippen molar-refractivity contribution in [3.8, 4) is 17.0 Å². The number of aromatic amines is 1. The van der Waals surface area contributed by atoms with E-state index in [1.54, 1.807) is 19.1 Å². The first-order valence-electron chi connectivity index (χ1n) is 9.35. The summed E-state index contributed by atoms with van der Waals surface area (Å²) in [5, 5.41) is 9.61. The molecule has 0 fully saturated rings. The van der Waals surface area contributed by atoms with Gasteiger partial charge in [0.15, 0.2) is 0 Å². The van der Waals surface area contributed by atoms with Gasteiger partial charge in [0.2, 0.25) is 10.0 Å². The van der Waals surface area contributed by atoms with Crippen LogP contribution in [-0.2, 0) is 10.0 Å². The Bertz CT molecular complexity index is 1150. The van der Waals surface area contributed by atoms with Crippen LogP contribution < -0.4 is 10.1 Å². The topological polar surface area (TPSA) is 104 Å². The number of amides is 1. The molecule has 0 radical (unpaired) electrons. The smallest absolute Gasteiger partial charge is 0.273 e. The predicted molar refractivity (Wildman–Crippen MR) is 115 cm³/mol. The lowest BCUT2D eigenvalue weighted by molar-refractivity contribution is 0.102. The average molecular weight is 429 g/mol. The summed E-state index contributed by atoms with van der Waals surface area (Å²) in [6.45, 7) is 4.08. The number of benzene rings is 2. The molecule has 0 saturated heterocycles. The number of carbonyl (C=O) groups is 1. The highest BCUT2D eigenvalue weighted by Gasteiger charge is 2.23. The van der Waals surface area contributed by atoms with Gasteiger partial charge in [-0.1, -0.05) is 29.8 Å². The van der Waals surface area contributed by atoms with E-state index in [-0.39, 0.29) is 16.3 Å². The van der Waals surface area contributed by atoms with Crippen molar-refractivity contribution in [1.82, 2.24) is 14.5 Å². The van der Waals surface area contributed by atoms with Gasteiger partial charge < -0.3 is 10.1 Å².